The average molecular weight is 325 g/mol. The van der Waals surface area contributed by atoms with E-state index in [-0.39, 0.29) is 0 Å². The Balaban J connectivity index is 2.02. The van der Waals surface area contributed by atoms with Gasteiger partial charge >= 0.3 is 0 Å². The molecule has 0 bridgehead atoms. The quantitative estimate of drug-likeness (QED) is 0.865. The predicted molar refractivity (Wildman–Crippen MR) is 94.3 cm³/mol. The van der Waals surface area contributed by atoms with E-state index in [9.17, 15) is 0 Å². The number of rotatable bonds is 3. The Kier molecular flexibility index (Phi) is 3.65. The first-order valence-corrected chi connectivity index (χ1v) is 8.33. The molecule has 1 atom stereocenters. The molecule has 2 aliphatic rings. The molecule has 0 saturated heterocycles. The molecule has 2 aromatic rings. The lowest BCUT2D eigenvalue weighted by molar-refractivity contribution is 0.227. The maximum atomic E-state index is 5.72. The van der Waals surface area contributed by atoms with E-state index >= 15 is 0 Å². The van der Waals surface area contributed by atoms with Gasteiger partial charge in [0.2, 0.25) is 0 Å². The van der Waals surface area contributed by atoms with Crippen molar-refractivity contribution in [3.63, 3.8) is 0 Å². The van der Waals surface area contributed by atoms with Crippen LogP contribution in [0, 0.1) is 0 Å². The molecule has 0 spiro atoms. The molecular formula is C20H23NO3. The number of ether oxygens (including phenoxy) is 3. The highest BCUT2D eigenvalue weighted by molar-refractivity contribution is 5.82. The summed E-state index contributed by atoms with van der Waals surface area (Å²) in [6.07, 6.45) is 2.07. The molecule has 0 N–H and O–H groups in total. The van der Waals surface area contributed by atoms with Crippen LogP contribution < -0.4 is 14.2 Å². The van der Waals surface area contributed by atoms with Gasteiger partial charge in [-0.1, -0.05) is 6.07 Å². The number of likely N-dealkylation sites (N-methyl/N-ethyl adjacent to an activating group) is 1. The smallest absolute Gasteiger partial charge is 0.161 e. The summed E-state index contributed by atoms with van der Waals surface area (Å²) in [5.41, 5.74) is 6.56. The summed E-state index contributed by atoms with van der Waals surface area (Å²) in [7, 11) is 7.32. The van der Waals surface area contributed by atoms with Crippen molar-refractivity contribution in [2.75, 3.05) is 34.9 Å². The standard InChI is InChI=1S/C20H23NO3/c1-21-8-7-12-5-6-16(22-2)20-14-11-18(24-4)17(23-3)10-13(14)9-15(21)19(12)20/h5-6,10-11,15H,7-9H2,1-4H3/t15-/m0/s1. The second-order valence-corrected chi connectivity index (χ2v) is 6.53. The van der Waals surface area contributed by atoms with Gasteiger partial charge in [0.05, 0.1) is 21.3 Å². The number of hydrogen-bond donors (Lipinski definition) is 0. The van der Waals surface area contributed by atoms with Crippen LogP contribution in [-0.4, -0.2) is 39.8 Å². The van der Waals surface area contributed by atoms with E-state index in [0.717, 1.165) is 36.6 Å². The summed E-state index contributed by atoms with van der Waals surface area (Å²) in [5.74, 6) is 2.48. The van der Waals surface area contributed by atoms with E-state index in [1.165, 1.54) is 27.8 Å². The van der Waals surface area contributed by atoms with E-state index in [1.807, 2.05) is 0 Å². The van der Waals surface area contributed by atoms with Gasteiger partial charge in [-0.2, -0.15) is 0 Å². The van der Waals surface area contributed by atoms with Crippen molar-refractivity contribution < 1.29 is 14.2 Å². The highest BCUT2D eigenvalue weighted by atomic mass is 16.5. The van der Waals surface area contributed by atoms with Crippen molar-refractivity contribution >= 4 is 0 Å². The second kappa shape index (κ2) is 5.71. The average Bonchev–Trinajstić information content (AvgIpc) is 2.63. The molecule has 1 aliphatic heterocycles. The molecule has 4 rings (SSSR count). The van der Waals surface area contributed by atoms with Crippen LogP contribution in [0.1, 0.15) is 22.7 Å². The molecule has 4 heteroatoms. The topological polar surface area (TPSA) is 30.9 Å². The fraction of sp³-hybridized carbons (Fsp3) is 0.400. The monoisotopic (exact) mass is 325 g/mol. The van der Waals surface area contributed by atoms with E-state index in [2.05, 4.69) is 36.2 Å². The first-order chi connectivity index (χ1) is 11.7. The highest BCUT2D eigenvalue weighted by Crippen LogP contribution is 2.50. The zero-order valence-corrected chi connectivity index (χ0v) is 14.7. The largest absolute Gasteiger partial charge is 0.496 e. The van der Waals surface area contributed by atoms with Gasteiger partial charge in [-0.25, -0.2) is 0 Å². The Morgan fingerprint density at radius 3 is 2.33 bits per heavy atom. The first-order valence-electron chi connectivity index (χ1n) is 8.33. The van der Waals surface area contributed by atoms with Crippen LogP contribution >= 0.6 is 0 Å². The SMILES string of the molecule is COc1cc2c(cc1OC)-c1c(OC)ccc3c1[C@H](C2)N(C)CC3. The van der Waals surface area contributed by atoms with Crippen molar-refractivity contribution in [1.29, 1.82) is 0 Å². The Bertz CT molecular complexity index is 800. The Hall–Kier alpha value is -2.20. The molecule has 1 aliphatic carbocycles. The molecule has 2 aromatic carbocycles. The van der Waals surface area contributed by atoms with Gasteiger partial charge in [0, 0.05) is 18.2 Å². The molecule has 0 fully saturated rings. The van der Waals surface area contributed by atoms with Gasteiger partial charge in [0.25, 0.3) is 0 Å². The number of hydrogen-bond acceptors (Lipinski definition) is 4. The fourth-order valence-electron chi connectivity index (χ4n) is 4.15. The van der Waals surface area contributed by atoms with Gasteiger partial charge in [-0.05, 0) is 60.3 Å². The summed E-state index contributed by atoms with van der Waals surface area (Å²) in [6, 6.07) is 8.93. The number of fused-ring (bicyclic) bond motifs is 2. The minimum Gasteiger partial charge on any atom is -0.496 e. The molecule has 4 nitrogen and oxygen atoms in total. The maximum absolute atomic E-state index is 5.72. The Morgan fingerprint density at radius 2 is 1.62 bits per heavy atom. The first kappa shape index (κ1) is 15.3. The lowest BCUT2D eigenvalue weighted by Gasteiger charge is -2.40. The molecule has 0 unspecified atom stereocenters. The van der Waals surface area contributed by atoms with Crippen molar-refractivity contribution in [1.82, 2.24) is 4.90 Å². The van der Waals surface area contributed by atoms with E-state index < -0.39 is 0 Å². The molecule has 0 amide bonds. The van der Waals surface area contributed by atoms with E-state index in [0.29, 0.717) is 6.04 Å². The maximum Gasteiger partial charge on any atom is 0.161 e. The van der Waals surface area contributed by atoms with Crippen molar-refractivity contribution in [2.24, 2.45) is 0 Å². The third kappa shape index (κ3) is 2.09. The molecule has 0 saturated carbocycles. The summed E-state index contributed by atoms with van der Waals surface area (Å²) in [6.45, 7) is 1.09. The van der Waals surface area contributed by atoms with Gasteiger partial charge in [-0.3, -0.25) is 4.90 Å². The summed E-state index contributed by atoms with van der Waals surface area (Å²) < 4.78 is 16.8. The van der Waals surface area contributed by atoms with Crippen LogP contribution in [0.5, 0.6) is 17.2 Å². The zero-order valence-electron chi connectivity index (χ0n) is 14.7. The lowest BCUT2D eigenvalue weighted by atomic mass is 9.76. The highest BCUT2D eigenvalue weighted by Gasteiger charge is 2.35. The van der Waals surface area contributed by atoms with Crippen LogP contribution in [0.4, 0.5) is 0 Å². The molecule has 1 heterocycles. The molecule has 24 heavy (non-hydrogen) atoms. The number of nitrogens with zero attached hydrogens (tertiary/aromatic N) is 1. The van der Waals surface area contributed by atoms with Crippen LogP contribution in [0.2, 0.25) is 0 Å². The third-order valence-corrected chi connectivity index (χ3v) is 5.41. The summed E-state index contributed by atoms with van der Waals surface area (Å²) >= 11 is 0. The normalized spacial score (nSPS) is 18.6. The minimum absolute atomic E-state index is 0.393. The van der Waals surface area contributed by atoms with Gasteiger partial charge < -0.3 is 14.2 Å². The van der Waals surface area contributed by atoms with Gasteiger partial charge in [0.1, 0.15) is 5.75 Å². The van der Waals surface area contributed by atoms with Crippen molar-refractivity contribution in [3.8, 4) is 28.4 Å². The number of benzene rings is 2. The molecule has 0 aromatic heterocycles. The van der Waals surface area contributed by atoms with Crippen molar-refractivity contribution in [2.45, 2.75) is 18.9 Å². The molecular weight excluding hydrogens is 302 g/mol. The van der Waals surface area contributed by atoms with E-state index in [4.69, 9.17) is 14.2 Å². The Morgan fingerprint density at radius 1 is 0.917 bits per heavy atom. The van der Waals surface area contributed by atoms with Crippen LogP contribution in [0.15, 0.2) is 24.3 Å². The Labute approximate surface area is 142 Å². The summed E-state index contributed by atoms with van der Waals surface area (Å²) in [4.78, 5) is 2.45. The third-order valence-electron chi connectivity index (χ3n) is 5.41. The minimum atomic E-state index is 0.393. The lowest BCUT2D eigenvalue weighted by Crippen LogP contribution is -2.35. The van der Waals surface area contributed by atoms with Gasteiger partial charge in [0.15, 0.2) is 11.5 Å². The van der Waals surface area contributed by atoms with Crippen LogP contribution in [-0.2, 0) is 12.8 Å². The van der Waals surface area contributed by atoms with Gasteiger partial charge in [-0.15, -0.1) is 0 Å². The molecule has 126 valence electrons. The summed E-state index contributed by atoms with van der Waals surface area (Å²) in [5, 5.41) is 0. The number of methoxy groups -OCH3 is 3. The van der Waals surface area contributed by atoms with Crippen LogP contribution in [0.3, 0.4) is 0 Å². The second-order valence-electron chi connectivity index (χ2n) is 6.53. The predicted octanol–water partition coefficient (Wildman–Crippen LogP) is 3.46. The molecule has 0 radical (unpaired) electrons. The van der Waals surface area contributed by atoms with E-state index in [1.54, 1.807) is 21.3 Å². The zero-order chi connectivity index (χ0) is 16.8. The fourth-order valence-corrected chi connectivity index (χ4v) is 4.15. The van der Waals surface area contributed by atoms with Crippen molar-refractivity contribution in [3.05, 3.63) is 41.0 Å². The van der Waals surface area contributed by atoms with Crippen LogP contribution in [0.25, 0.3) is 11.1 Å².